The number of hydrogen-bond acceptors (Lipinski definition) is 6. The van der Waals surface area contributed by atoms with Crippen LogP contribution in [0.5, 0.6) is 5.75 Å². The standard InChI is InChI=1S/C20H20N4OS/c1-25-16-6-4-14(5-7-16)12-22-20-17-10-18(24-8-2-3-9-24)26-19(17)15(11-21)13-23-20/h4-7,10,13H,2-3,8-9,12H2,1H3,(H,22,23). The number of aromatic nitrogens is 1. The van der Waals surface area contributed by atoms with Crippen LogP contribution in [0.1, 0.15) is 24.0 Å². The fourth-order valence-electron chi connectivity index (χ4n) is 3.25. The number of benzene rings is 1. The molecule has 1 aromatic carbocycles. The maximum absolute atomic E-state index is 9.43. The summed E-state index contributed by atoms with van der Waals surface area (Å²) in [5.41, 5.74) is 1.80. The lowest BCUT2D eigenvalue weighted by atomic mass is 10.2. The van der Waals surface area contributed by atoms with Crippen molar-refractivity contribution in [1.29, 1.82) is 5.26 Å². The van der Waals surface area contributed by atoms with E-state index < -0.39 is 0 Å². The van der Waals surface area contributed by atoms with E-state index in [9.17, 15) is 5.26 Å². The Morgan fingerprint density at radius 3 is 2.73 bits per heavy atom. The maximum Gasteiger partial charge on any atom is 0.135 e. The molecule has 6 heteroatoms. The second-order valence-corrected chi connectivity index (χ2v) is 7.39. The zero-order valence-electron chi connectivity index (χ0n) is 14.7. The van der Waals surface area contributed by atoms with E-state index >= 15 is 0 Å². The monoisotopic (exact) mass is 364 g/mol. The third-order valence-corrected chi connectivity index (χ3v) is 5.93. The molecular formula is C20H20N4OS. The summed E-state index contributed by atoms with van der Waals surface area (Å²) in [6, 6.07) is 12.4. The van der Waals surface area contributed by atoms with Crippen LogP contribution in [-0.4, -0.2) is 25.2 Å². The zero-order valence-corrected chi connectivity index (χ0v) is 15.5. The lowest BCUT2D eigenvalue weighted by Gasteiger charge is -2.13. The molecule has 1 fully saturated rings. The van der Waals surface area contributed by atoms with Gasteiger partial charge in [0.1, 0.15) is 17.6 Å². The van der Waals surface area contributed by atoms with Crippen LogP contribution < -0.4 is 15.0 Å². The van der Waals surface area contributed by atoms with E-state index in [0.717, 1.165) is 40.3 Å². The van der Waals surface area contributed by atoms with Crippen LogP contribution >= 0.6 is 11.3 Å². The van der Waals surface area contributed by atoms with Gasteiger partial charge in [0.15, 0.2) is 0 Å². The molecule has 0 unspecified atom stereocenters. The maximum atomic E-state index is 9.43. The van der Waals surface area contributed by atoms with Crippen molar-refractivity contribution >= 4 is 32.2 Å². The van der Waals surface area contributed by atoms with Crippen molar-refractivity contribution in [3.63, 3.8) is 0 Å². The van der Waals surface area contributed by atoms with Crippen LogP contribution in [0, 0.1) is 11.3 Å². The summed E-state index contributed by atoms with van der Waals surface area (Å²) in [5, 5.41) is 15.1. The van der Waals surface area contributed by atoms with Gasteiger partial charge in [0, 0.05) is 31.2 Å². The summed E-state index contributed by atoms with van der Waals surface area (Å²) in [7, 11) is 1.67. The van der Waals surface area contributed by atoms with Gasteiger partial charge in [0.25, 0.3) is 0 Å². The Morgan fingerprint density at radius 2 is 2.04 bits per heavy atom. The van der Waals surface area contributed by atoms with Gasteiger partial charge in [0.2, 0.25) is 0 Å². The highest BCUT2D eigenvalue weighted by Crippen LogP contribution is 2.38. The number of hydrogen-bond donors (Lipinski definition) is 1. The van der Waals surface area contributed by atoms with Crippen molar-refractivity contribution < 1.29 is 4.74 Å². The van der Waals surface area contributed by atoms with Gasteiger partial charge in [-0.05, 0) is 36.6 Å². The van der Waals surface area contributed by atoms with Crippen molar-refractivity contribution in [2.75, 3.05) is 30.4 Å². The Morgan fingerprint density at radius 1 is 1.27 bits per heavy atom. The molecule has 0 spiro atoms. The van der Waals surface area contributed by atoms with E-state index in [1.807, 2.05) is 24.3 Å². The minimum atomic E-state index is 0.644. The molecule has 0 radical (unpaired) electrons. The Labute approximate surface area is 156 Å². The SMILES string of the molecule is COc1ccc(CNc2ncc(C#N)c3sc(N4CCCC4)cc23)cc1. The first-order valence-electron chi connectivity index (χ1n) is 8.73. The summed E-state index contributed by atoms with van der Waals surface area (Å²) in [6.07, 6.45) is 4.14. The number of pyridine rings is 1. The van der Waals surface area contributed by atoms with Crippen molar-refractivity contribution in [3.05, 3.63) is 47.7 Å². The smallest absolute Gasteiger partial charge is 0.135 e. The number of ether oxygens (including phenoxy) is 1. The van der Waals surface area contributed by atoms with E-state index in [1.54, 1.807) is 24.6 Å². The van der Waals surface area contributed by atoms with Crippen LogP contribution in [0.15, 0.2) is 36.5 Å². The summed E-state index contributed by atoms with van der Waals surface area (Å²) >= 11 is 1.69. The molecule has 132 valence electrons. The lowest BCUT2D eigenvalue weighted by molar-refractivity contribution is 0.414. The lowest BCUT2D eigenvalue weighted by Crippen LogP contribution is -2.15. The summed E-state index contributed by atoms with van der Waals surface area (Å²) < 4.78 is 6.22. The molecule has 0 bridgehead atoms. The van der Waals surface area contributed by atoms with Gasteiger partial charge in [0.05, 0.1) is 22.4 Å². The molecule has 0 atom stereocenters. The first-order chi connectivity index (χ1) is 12.8. The highest BCUT2D eigenvalue weighted by Gasteiger charge is 2.18. The molecule has 4 rings (SSSR count). The molecule has 0 aliphatic carbocycles. The van der Waals surface area contributed by atoms with Gasteiger partial charge in [-0.1, -0.05) is 12.1 Å². The molecule has 0 saturated carbocycles. The average molecular weight is 364 g/mol. The van der Waals surface area contributed by atoms with E-state index in [-0.39, 0.29) is 0 Å². The Bertz CT molecular complexity index is 952. The predicted octanol–water partition coefficient (Wildman–Crippen LogP) is 4.39. The third kappa shape index (κ3) is 3.18. The third-order valence-electron chi connectivity index (χ3n) is 4.70. The number of nitrogens with zero attached hydrogens (tertiary/aromatic N) is 3. The number of thiophene rings is 1. The van der Waals surface area contributed by atoms with Crippen molar-refractivity contribution in [3.8, 4) is 11.8 Å². The number of nitrogens with one attached hydrogen (secondary N) is 1. The molecule has 3 heterocycles. The second kappa shape index (κ2) is 7.22. The van der Waals surface area contributed by atoms with Crippen LogP contribution in [0.2, 0.25) is 0 Å². The van der Waals surface area contributed by atoms with Crippen molar-refractivity contribution in [2.45, 2.75) is 19.4 Å². The van der Waals surface area contributed by atoms with Gasteiger partial charge in [-0.2, -0.15) is 5.26 Å². The van der Waals surface area contributed by atoms with Crippen LogP contribution in [-0.2, 0) is 6.54 Å². The normalized spacial score (nSPS) is 13.8. The molecular weight excluding hydrogens is 344 g/mol. The van der Waals surface area contributed by atoms with Gasteiger partial charge >= 0.3 is 0 Å². The van der Waals surface area contributed by atoms with Crippen molar-refractivity contribution in [1.82, 2.24) is 4.98 Å². The van der Waals surface area contributed by atoms with Gasteiger partial charge in [-0.25, -0.2) is 4.98 Å². The molecule has 3 aromatic rings. The molecule has 1 aliphatic heterocycles. The Hall–Kier alpha value is -2.78. The Kier molecular flexibility index (Phi) is 4.63. The molecule has 0 amide bonds. The van der Waals surface area contributed by atoms with E-state index in [4.69, 9.17) is 4.74 Å². The molecule has 1 N–H and O–H groups in total. The van der Waals surface area contributed by atoms with Gasteiger partial charge in [-0.3, -0.25) is 0 Å². The quantitative estimate of drug-likeness (QED) is 0.727. The van der Waals surface area contributed by atoms with E-state index in [2.05, 4.69) is 27.3 Å². The molecule has 2 aromatic heterocycles. The highest BCUT2D eigenvalue weighted by atomic mass is 32.1. The first-order valence-corrected chi connectivity index (χ1v) is 9.54. The average Bonchev–Trinajstić information content (AvgIpc) is 3.36. The number of anilines is 2. The first kappa shape index (κ1) is 16.7. The number of rotatable bonds is 5. The predicted molar refractivity (Wildman–Crippen MR) is 106 cm³/mol. The van der Waals surface area contributed by atoms with Crippen LogP contribution in [0.3, 0.4) is 0 Å². The van der Waals surface area contributed by atoms with E-state index in [0.29, 0.717) is 12.1 Å². The topological polar surface area (TPSA) is 61.2 Å². The molecule has 1 aliphatic rings. The Balaban J connectivity index is 1.62. The number of fused-ring (bicyclic) bond motifs is 1. The molecule has 1 saturated heterocycles. The van der Waals surface area contributed by atoms with Gasteiger partial charge in [-0.15, -0.1) is 11.3 Å². The number of nitriles is 1. The summed E-state index contributed by atoms with van der Waals surface area (Å²) in [6.45, 7) is 2.86. The highest BCUT2D eigenvalue weighted by molar-refractivity contribution is 7.23. The second-order valence-electron chi connectivity index (χ2n) is 6.36. The van der Waals surface area contributed by atoms with E-state index in [1.165, 1.54) is 17.8 Å². The molecule has 5 nitrogen and oxygen atoms in total. The van der Waals surface area contributed by atoms with Crippen LogP contribution in [0.4, 0.5) is 10.8 Å². The van der Waals surface area contributed by atoms with Gasteiger partial charge < -0.3 is 15.0 Å². The molecule has 26 heavy (non-hydrogen) atoms. The summed E-state index contributed by atoms with van der Waals surface area (Å²) in [5.74, 6) is 1.68. The fourth-order valence-corrected chi connectivity index (χ4v) is 4.43. The largest absolute Gasteiger partial charge is 0.497 e. The van der Waals surface area contributed by atoms with Crippen molar-refractivity contribution in [2.24, 2.45) is 0 Å². The minimum Gasteiger partial charge on any atom is -0.497 e. The minimum absolute atomic E-state index is 0.644. The zero-order chi connectivity index (χ0) is 17.9. The van der Waals surface area contributed by atoms with Crippen LogP contribution in [0.25, 0.3) is 10.1 Å². The fraction of sp³-hybridized carbons (Fsp3) is 0.300. The number of methoxy groups -OCH3 is 1. The summed E-state index contributed by atoms with van der Waals surface area (Å²) in [4.78, 5) is 6.90.